The topological polar surface area (TPSA) is 117 Å². The number of imidazole rings is 2. The monoisotopic (exact) mass is 756 g/mol. The van der Waals surface area contributed by atoms with Gasteiger partial charge < -0.3 is 19.0 Å². The molecule has 8 aromatic rings. The molecule has 57 heavy (non-hydrogen) atoms. The van der Waals surface area contributed by atoms with Gasteiger partial charge in [-0.3, -0.25) is 0 Å². The van der Waals surface area contributed by atoms with Gasteiger partial charge in [-0.2, -0.15) is 4.39 Å². The van der Waals surface area contributed by atoms with Crippen LogP contribution in [0.3, 0.4) is 0 Å². The Kier molecular flexibility index (Phi) is 9.22. The number of halogens is 1. The molecule has 11 rings (SSSR count). The highest BCUT2D eigenvalue weighted by Crippen LogP contribution is 2.37. The Balaban J connectivity index is 0.000000143. The summed E-state index contributed by atoms with van der Waals surface area (Å²) < 4.78 is 24.1. The third kappa shape index (κ3) is 6.92. The van der Waals surface area contributed by atoms with Gasteiger partial charge in [-0.05, 0) is 86.1 Å². The maximum absolute atomic E-state index is 13.5. The predicted octanol–water partition coefficient (Wildman–Crippen LogP) is 8.88. The number of rotatable bonds is 6. The van der Waals surface area contributed by atoms with Crippen molar-refractivity contribution in [1.82, 2.24) is 39.0 Å². The third-order valence-electron chi connectivity index (χ3n) is 11.5. The number of aliphatic hydroxyl groups excluding tert-OH is 1. The molecule has 1 N–H and O–H groups in total. The third-order valence-corrected chi connectivity index (χ3v) is 11.5. The summed E-state index contributed by atoms with van der Waals surface area (Å²) in [6, 6.07) is 36.6. The Labute approximate surface area is 329 Å². The SMILES string of the molecule is Fc1cc(-c2ccc3nc4n(c3n2)[C@@H](c2ccccc2)CC4)ccn1.OC1CCC(Oc2cc(-c3ccc4nc5n(c4n3)[C@@H](c3ccccc3)CC5)ccn2)CC1. The van der Waals surface area contributed by atoms with Gasteiger partial charge in [-0.1, -0.05) is 60.7 Å². The summed E-state index contributed by atoms with van der Waals surface area (Å²) in [5.74, 6) is 2.29. The van der Waals surface area contributed by atoms with Gasteiger partial charge in [0, 0.05) is 48.5 Å². The maximum Gasteiger partial charge on any atom is 0.214 e. The van der Waals surface area contributed by atoms with E-state index in [4.69, 9.17) is 24.7 Å². The highest BCUT2D eigenvalue weighted by molar-refractivity contribution is 5.78. The molecule has 11 heteroatoms. The van der Waals surface area contributed by atoms with E-state index in [1.54, 1.807) is 12.3 Å². The highest BCUT2D eigenvalue weighted by Gasteiger charge is 2.29. The summed E-state index contributed by atoms with van der Waals surface area (Å²) in [4.78, 5) is 27.4. The zero-order valence-corrected chi connectivity index (χ0v) is 31.3. The van der Waals surface area contributed by atoms with Gasteiger partial charge in [0.1, 0.15) is 28.8 Å². The van der Waals surface area contributed by atoms with Crippen LogP contribution in [-0.4, -0.2) is 56.4 Å². The van der Waals surface area contributed by atoms with E-state index < -0.39 is 5.95 Å². The summed E-state index contributed by atoms with van der Waals surface area (Å²) >= 11 is 0. The lowest BCUT2D eigenvalue weighted by atomic mass is 9.95. The van der Waals surface area contributed by atoms with Crippen molar-refractivity contribution < 1.29 is 14.2 Å². The van der Waals surface area contributed by atoms with E-state index in [1.165, 1.54) is 23.4 Å². The number of benzene rings is 2. The summed E-state index contributed by atoms with van der Waals surface area (Å²) in [5.41, 5.74) is 9.51. The molecular weight excluding hydrogens is 716 g/mol. The van der Waals surface area contributed by atoms with Crippen LogP contribution in [0.25, 0.3) is 44.8 Å². The molecule has 0 unspecified atom stereocenters. The minimum Gasteiger partial charge on any atom is -0.474 e. The number of aliphatic hydroxyl groups is 1. The summed E-state index contributed by atoms with van der Waals surface area (Å²) in [6.45, 7) is 0. The van der Waals surface area contributed by atoms with Crippen LogP contribution in [0.4, 0.5) is 4.39 Å². The fourth-order valence-corrected chi connectivity index (χ4v) is 8.67. The van der Waals surface area contributed by atoms with Crippen LogP contribution in [0.5, 0.6) is 5.88 Å². The first-order valence-electron chi connectivity index (χ1n) is 19.8. The van der Waals surface area contributed by atoms with Crippen molar-refractivity contribution in [1.29, 1.82) is 0 Å². The van der Waals surface area contributed by atoms with Crippen LogP contribution in [0.15, 0.2) is 122 Å². The lowest BCUT2D eigenvalue weighted by molar-refractivity contribution is 0.0644. The normalized spacial score (nSPS) is 19.9. The van der Waals surface area contributed by atoms with Crippen LogP contribution in [0.2, 0.25) is 0 Å². The van der Waals surface area contributed by atoms with E-state index in [0.29, 0.717) is 5.88 Å². The average molecular weight is 757 g/mol. The van der Waals surface area contributed by atoms with E-state index in [-0.39, 0.29) is 24.3 Å². The molecule has 0 saturated heterocycles. The zero-order chi connectivity index (χ0) is 38.3. The first-order valence-corrected chi connectivity index (χ1v) is 19.8. The number of nitrogens with zero attached hydrogens (tertiary/aromatic N) is 8. The highest BCUT2D eigenvalue weighted by atomic mass is 19.1. The Morgan fingerprint density at radius 3 is 1.63 bits per heavy atom. The second kappa shape index (κ2) is 15.0. The Morgan fingerprint density at radius 1 is 0.561 bits per heavy atom. The number of ether oxygens (including phenoxy) is 1. The predicted molar refractivity (Wildman–Crippen MR) is 216 cm³/mol. The van der Waals surface area contributed by atoms with E-state index in [2.05, 4.69) is 79.8 Å². The molecule has 0 spiro atoms. The van der Waals surface area contributed by atoms with Crippen molar-refractivity contribution in [2.24, 2.45) is 0 Å². The molecule has 0 radical (unpaired) electrons. The molecule has 0 amide bonds. The van der Waals surface area contributed by atoms with Gasteiger partial charge in [0.05, 0.1) is 29.6 Å². The standard InChI is InChI=1S/C26H26N4O2.C20H15FN4/c31-19-6-8-20(9-7-19)32-25-16-18(14-15-27-25)21-10-11-22-26(29-21)30-23(12-13-24(30)28-22)17-4-2-1-3-5-17;21-18-12-14(10-11-22-18)15-6-7-16-20(24-15)25-17(8-9-19(25)23-16)13-4-2-1-3-5-13/h1-5,10-11,14-16,19-20,23,31H,6-9,12-13H2;1-7,10-12,17H,8-9H2/t19?,20?,23-;17-/m11/s1. The fraction of sp³-hybridized carbons (Fsp3) is 0.261. The number of aromatic nitrogens is 8. The molecule has 1 aliphatic carbocycles. The maximum atomic E-state index is 13.5. The van der Waals surface area contributed by atoms with Crippen molar-refractivity contribution in [3.05, 3.63) is 150 Å². The van der Waals surface area contributed by atoms with E-state index in [0.717, 1.165) is 108 Å². The summed E-state index contributed by atoms with van der Waals surface area (Å²) in [7, 11) is 0. The number of hydrogen-bond donors (Lipinski definition) is 1. The quantitative estimate of drug-likeness (QED) is 0.167. The Hall–Kier alpha value is -6.33. The number of hydrogen-bond acceptors (Lipinski definition) is 8. The first-order chi connectivity index (χ1) is 28.0. The van der Waals surface area contributed by atoms with Crippen LogP contribution >= 0.6 is 0 Å². The first kappa shape index (κ1) is 35.1. The van der Waals surface area contributed by atoms with E-state index >= 15 is 0 Å². The Morgan fingerprint density at radius 2 is 1.09 bits per heavy atom. The summed E-state index contributed by atoms with van der Waals surface area (Å²) in [6.07, 6.45) is 10.4. The molecule has 2 aliphatic heterocycles. The van der Waals surface area contributed by atoms with Crippen molar-refractivity contribution in [2.45, 2.75) is 75.7 Å². The largest absolute Gasteiger partial charge is 0.474 e. The van der Waals surface area contributed by atoms with Crippen LogP contribution in [-0.2, 0) is 12.8 Å². The van der Waals surface area contributed by atoms with Crippen molar-refractivity contribution in [3.63, 3.8) is 0 Å². The molecule has 284 valence electrons. The summed E-state index contributed by atoms with van der Waals surface area (Å²) in [5, 5.41) is 9.73. The molecule has 2 atom stereocenters. The number of fused-ring (bicyclic) bond motifs is 6. The molecule has 0 bridgehead atoms. The number of aryl methyl sites for hydroxylation is 2. The van der Waals surface area contributed by atoms with Gasteiger partial charge in [0.15, 0.2) is 11.3 Å². The van der Waals surface area contributed by atoms with Crippen molar-refractivity contribution in [2.75, 3.05) is 0 Å². The molecule has 8 heterocycles. The molecular formula is C46H41FN8O2. The molecule has 3 aliphatic rings. The van der Waals surface area contributed by atoms with E-state index in [9.17, 15) is 9.50 Å². The molecule has 1 fully saturated rings. The Bertz CT molecular complexity index is 2690. The van der Waals surface area contributed by atoms with Crippen molar-refractivity contribution in [3.8, 4) is 28.4 Å². The minimum atomic E-state index is -0.500. The second-order valence-corrected chi connectivity index (χ2v) is 15.1. The molecule has 6 aromatic heterocycles. The second-order valence-electron chi connectivity index (χ2n) is 15.1. The van der Waals surface area contributed by atoms with Crippen LogP contribution in [0, 0.1) is 5.95 Å². The van der Waals surface area contributed by atoms with Gasteiger partial charge in [0.25, 0.3) is 0 Å². The average Bonchev–Trinajstić information content (AvgIpc) is 4.03. The van der Waals surface area contributed by atoms with Crippen molar-refractivity contribution >= 4 is 22.3 Å². The van der Waals surface area contributed by atoms with Gasteiger partial charge in [-0.25, -0.2) is 29.9 Å². The molecule has 2 aromatic carbocycles. The molecule has 10 nitrogen and oxygen atoms in total. The van der Waals surface area contributed by atoms with Crippen LogP contribution in [0.1, 0.15) is 73.4 Å². The lowest BCUT2D eigenvalue weighted by Crippen LogP contribution is -2.26. The zero-order valence-electron chi connectivity index (χ0n) is 31.3. The number of pyridine rings is 4. The van der Waals surface area contributed by atoms with Crippen LogP contribution < -0.4 is 4.74 Å². The lowest BCUT2D eigenvalue weighted by Gasteiger charge is -2.25. The van der Waals surface area contributed by atoms with Gasteiger partial charge >= 0.3 is 0 Å². The van der Waals surface area contributed by atoms with Gasteiger partial charge in [0.2, 0.25) is 11.8 Å². The van der Waals surface area contributed by atoms with Gasteiger partial charge in [-0.15, -0.1) is 0 Å². The minimum absolute atomic E-state index is 0.112. The van der Waals surface area contributed by atoms with E-state index in [1.807, 2.05) is 36.4 Å². The smallest absolute Gasteiger partial charge is 0.214 e. The molecule has 1 saturated carbocycles. The fourth-order valence-electron chi connectivity index (χ4n) is 8.67.